The van der Waals surface area contributed by atoms with Crippen LogP contribution in [0.15, 0.2) is 42.7 Å². The second-order valence-electron chi connectivity index (χ2n) is 6.65. The molecule has 1 fully saturated rings. The van der Waals surface area contributed by atoms with Crippen LogP contribution in [0.25, 0.3) is 10.9 Å². The van der Waals surface area contributed by atoms with E-state index in [4.69, 9.17) is 4.74 Å². The quantitative estimate of drug-likeness (QED) is 0.598. The number of fused-ring (bicyclic) bond motifs is 1. The molecule has 0 aliphatic carbocycles. The number of rotatable bonds is 7. The third-order valence-electron chi connectivity index (χ3n) is 4.75. The summed E-state index contributed by atoms with van der Waals surface area (Å²) in [6.45, 7) is 1.98. The van der Waals surface area contributed by atoms with Crippen LogP contribution >= 0.6 is 0 Å². The number of nitrogens with one attached hydrogen (secondary N) is 3. The van der Waals surface area contributed by atoms with Crippen molar-refractivity contribution in [1.29, 1.82) is 0 Å². The lowest BCUT2D eigenvalue weighted by Crippen LogP contribution is -2.32. The molecule has 0 bridgehead atoms. The number of amides is 1. The summed E-state index contributed by atoms with van der Waals surface area (Å²) >= 11 is 0. The van der Waals surface area contributed by atoms with Crippen molar-refractivity contribution in [3.63, 3.8) is 0 Å². The number of hydrogen-bond acceptors (Lipinski definition) is 5. The molecule has 7 heteroatoms. The molecule has 3 N–H and O–H groups in total. The maximum Gasteiger partial charge on any atom is 0.270 e. The van der Waals surface area contributed by atoms with Crippen molar-refractivity contribution in [1.82, 2.24) is 20.3 Å². The minimum atomic E-state index is -0.201. The molecule has 1 amide bonds. The van der Waals surface area contributed by atoms with Gasteiger partial charge >= 0.3 is 0 Å². The van der Waals surface area contributed by atoms with Gasteiger partial charge in [0.05, 0.1) is 6.10 Å². The lowest BCUT2D eigenvalue weighted by molar-refractivity contribution is 0.0853. The second-order valence-corrected chi connectivity index (χ2v) is 6.65. The standard InChI is InChI=1S/C20H23N5O2/c26-19(24-13-15-4-3-11-27-15)18-8-10-22-20(25-18)21-9-7-14-12-23-17-6-2-1-5-16(14)17/h1-2,5-6,8,10,12,15,23H,3-4,7,9,11,13H2,(H,24,26)(H,21,22,25). The monoisotopic (exact) mass is 365 g/mol. The van der Waals surface area contributed by atoms with Crippen molar-refractivity contribution in [3.8, 4) is 0 Å². The highest BCUT2D eigenvalue weighted by Crippen LogP contribution is 2.18. The third kappa shape index (κ3) is 4.25. The summed E-state index contributed by atoms with van der Waals surface area (Å²) in [6, 6.07) is 9.85. The topological polar surface area (TPSA) is 91.9 Å². The first-order valence-electron chi connectivity index (χ1n) is 9.31. The van der Waals surface area contributed by atoms with Gasteiger partial charge in [-0.3, -0.25) is 4.79 Å². The van der Waals surface area contributed by atoms with Gasteiger partial charge < -0.3 is 20.4 Å². The van der Waals surface area contributed by atoms with Crippen LogP contribution in [0, 0.1) is 0 Å². The summed E-state index contributed by atoms with van der Waals surface area (Å²) in [7, 11) is 0. The molecule has 0 saturated carbocycles. The van der Waals surface area contributed by atoms with Crippen LogP contribution in [0.5, 0.6) is 0 Å². The van der Waals surface area contributed by atoms with Gasteiger partial charge in [0.25, 0.3) is 5.91 Å². The number of ether oxygens (including phenoxy) is 1. The van der Waals surface area contributed by atoms with Gasteiger partial charge in [-0.05, 0) is 37.0 Å². The van der Waals surface area contributed by atoms with Crippen LogP contribution in [0.1, 0.15) is 28.9 Å². The minimum Gasteiger partial charge on any atom is -0.376 e. The maximum absolute atomic E-state index is 12.3. The Morgan fingerprint density at radius 3 is 3.11 bits per heavy atom. The van der Waals surface area contributed by atoms with Crippen LogP contribution in [0.3, 0.4) is 0 Å². The highest BCUT2D eigenvalue weighted by Gasteiger charge is 2.17. The molecule has 1 atom stereocenters. The number of anilines is 1. The van der Waals surface area contributed by atoms with E-state index in [1.165, 1.54) is 10.9 Å². The van der Waals surface area contributed by atoms with Crippen LogP contribution in [0.4, 0.5) is 5.95 Å². The van der Waals surface area contributed by atoms with E-state index in [0.717, 1.165) is 31.4 Å². The zero-order chi connectivity index (χ0) is 18.5. The first kappa shape index (κ1) is 17.5. The van der Waals surface area contributed by atoms with E-state index >= 15 is 0 Å². The molecular formula is C20H23N5O2. The van der Waals surface area contributed by atoms with Gasteiger partial charge in [-0.15, -0.1) is 0 Å². The van der Waals surface area contributed by atoms with E-state index in [1.807, 2.05) is 18.3 Å². The van der Waals surface area contributed by atoms with Crippen LogP contribution < -0.4 is 10.6 Å². The van der Waals surface area contributed by atoms with Gasteiger partial charge in [0.2, 0.25) is 5.95 Å². The zero-order valence-electron chi connectivity index (χ0n) is 15.1. The fourth-order valence-electron chi connectivity index (χ4n) is 3.32. The summed E-state index contributed by atoms with van der Waals surface area (Å²) in [5.74, 6) is 0.257. The summed E-state index contributed by atoms with van der Waals surface area (Å²) in [6.07, 6.45) is 6.63. The highest BCUT2D eigenvalue weighted by atomic mass is 16.5. The Balaban J connectivity index is 1.31. The normalized spacial score (nSPS) is 16.5. The van der Waals surface area contributed by atoms with Crippen LogP contribution in [-0.4, -0.2) is 46.7 Å². The van der Waals surface area contributed by atoms with Gasteiger partial charge in [0, 0.05) is 43.0 Å². The number of nitrogens with zero attached hydrogens (tertiary/aromatic N) is 2. The molecular weight excluding hydrogens is 342 g/mol. The van der Waals surface area contributed by atoms with Crippen molar-refractivity contribution in [2.45, 2.75) is 25.4 Å². The van der Waals surface area contributed by atoms with Gasteiger partial charge in [-0.25, -0.2) is 9.97 Å². The molecule has 7 nitrogen and oxygen atoms in total. The molecule has 1 aliphatic rings. The van der Waals surface area contributed by atoms with Crippen molar-refractivity contribution in [2.75, 3.05) is 25.0 Å². The van der Waals surface area contributed by atoms with Gasteiger partial charge in [-0.2, -0.15) is 0 Å². The first-order valence-corrected chi connectivity index (χ1v) is 9.31. The maximum atomic E-state index is 12.3. The number of carbonyl (C=O) groups is 1. The molecule has 1 aromatic carbocycles. The average Bonchev–Trinajstić information content (AvgIpc) is 3.37. The van der Waals surface area contributed by atoms with Crippen molar-refractivity contribution >= 4 is 22.8 Å². The molecule has 2 aromatic heterocycles. The Hall–Kier alpha value is -2.93. The Kier molecular flexibility index (Phi) is 5.29. The van der Waals surface area contributed by atoms with Crippen molar-refractivity contribution < 1.29 is 9.53 Å². The summed E-state index contributed by atoms with van der Waals surface area (Å²) in [5.41, 5.74) is 2.73. The molecule has 27 heavy (non-hydrogen) atoms. The predicted octanol–water partition coefficient (Wildman–Crippen LogP) is 2.52. The summed E-state index contributed by atoms with van der Waals surface area (Å²) < 4.78 is 5.52. The van der Waals surface area contributed by atoms with E-state index in [1.54, 1.807) is 12.3 Å². The predicted molar refractivity (Wildman–Crippen MR) is 104 cm³/mol. The Bertz CT molecular complexity index is 917. The first-order chi connectivity index (χ1) is 13.3. The molecule has 3 aromatic rings. The highest BCUT2D eigenvalue weighted by molar-refractivity contribution is 5.92. The summed E-state index contributed by atoms with van der Waals surface area (Å²) in [5, 5.41) is 7.30. The van der Waals surface area contributed by atoms with Crippen molar-refractivity contribution in [2.24, 2.45) is 0 Å². The fraction of sp³-hybridized carbons (Fsp3) is 0.350. The molecule has 1 aliphatic heterocycles. The lowest BCUT2D eigenvalue weighted by atomic mass is 10.1. The van der Waals surface area contributed by atoms with Gasteiger partial charge in [0.1, 0.15) is 5.69 Å². The molecule has 4 rings (SSSR count). The largest absolute Gasteiger partial charge is 0.376 e. The average molecular weight is 365 g/mol. The third-order valence-corrected chi connectivity index (χ3v) is 4.75. The fourth-order valence-corrected chi connectivity index (χ4v) is 3.32. The number of benzene rings is 1. The number of H-pyrrole nitrogens is 1. The molecule has 1 unspecified atom stereocenters. The van der Waals surface area contributed by atoms with Crippen LogP contribution in [0.2, 0.25) is 0 Å². The van der Waals surface area contributed by atoms with E-state index in [9.17, 15) is 4.79 Å². The summed E-state index contributed by atoms with van der Waals surface area (Å²) in [4.78, 5) is 24.1. The second kappa shape index (κ2) is 8.18. The Morgan fingerprint density at radius 1 is 1.30 bits per heavy atom. The van der Waals surface area contributed by atoms with E-state index < -0.39 is 0 Å². The molecule has 0 spiro atoms. The van der Waals surface area contributed by atoms with Crippen LogP contribution in [-0.2, 0) is 11.2 Å². The SMILES string of the molecule is O=C(NCC1CCCO1)c1ccnc(NCCc2c[nH]c3ccccc23)n1. The molecule has 1 saturated heterocycles. The molecule has 3 heterocycles. The number of aromatic nitrogens is 3. The Labute approximate surface area is 157 Å². The smallest absolute Gasteiger partial charge is 0.270 e. The minimum absolute atomic E-state index is 0.115. The van der Waals surface area contributed by atoms with E-state index in [0.29, 0.717) is 24.7 Å². The molecule has 140 valence electrons. The van der Waals surface area contributed by atoms with Gasteiger partial charge in [0.15, 0.2) is 0 Å². The Morgan fingerprint density at radius 2 is 2.22 bits per heavy atom. The zero-order valence-corrected chi connectivity index (χ0v) is 15.1. The van der Waals surface area contributed by atoms with E-state index in [2.05, 4.69) is 37.7 Å². The van der Waals surface area contributed by atoms with Gasteiger partial charge in [-0.1, -0.05) is 18.2 Å². The number of para-hydroxylation sites is 1. The number of carbonyl (C=O) groups excluding carboxylic acids is 1. The molecule has 0 radical (unpaired) electrons. The van der Waals surface area contributed by atoms with E-state index in [-0.39, 0.29) is 12.0 Å². The lowest BCUT2D eigenvalue weighted by Gasteiger charge is -2.11. The number of aromatic amines is 1. The van der Waals surface area contributed by atoms with Crippen molar-refractivity contribution in [3.05, 3.63) is 54.0 Å². The number of hydrogen-bond donors (Lipinski definition) is 3.